The summed E-state index contributed by atoms with van der Waals surface area (Å²) in [6.45, 7) is 2.32. The van der Waals surface area contributed by atoms with Gasteiger partial charge in [-0.3, -0.25) is 14.3 Å². The molecule has 3 nitrogen and oxygen atoms in total. The molecule has 6 heteroatoms. The minimum absolute atomic E-state index is 0.197. The van der Waals surface area contributed by atoms with Crippen molar-refractivity contribution in [1.29, 1.82) is 0 Å². The average Bonchev–Trinajstić information content (AvgIpc) is 2.80. The zero-order chi connectivity index (χ0) is 23.9. The highest BCUT2D eigenvalue weighted by Crippen LogP contribution is 2.36. The predicted molar refractivity (Wildman–Crippen MR) is 129 cm³/mol. The number of pyridine rings is 2. The van der Waals surface area contributed by atoms with Crippen LogP contribution in [-0.2, 0) is 6.18 Å². The summed E-state index contributed by atoms with van der Waals surface area (Å²) in [6.07, 6.45) is 4.28. The second kappa shape index (κ2) is 8.90. The van der Waals surface area contributed by atoms with Gasteiger partial charge in [-0.1, -0.05) is 44.7 Å². The number of alkyl halides is 3. The Morgan fingerprint density at radius 3 is 2.44 bits per heavy atom. The summed E-state index contributed by atoms with van der Waals surface area (Å²) >= 11 is 0. The van der Waals surface area contributed by atoms with Gasteiger partial charge < -0.3 is 0 Å². The number of nitrogens with zero attached hydrogens (tertiary/aromatic N) is 2. The van der Waals surface area contributed by atoms with Crippen LogP contribution >= 0.6 is 0 Å². The molecule has 2 heterocycles. The summed E-state index contributed by atoms with van der Waals surface area (Å²) in [5, 5.41) is 1.51. The highest BCUT2D eigenvalue weighted by molar-refractivity contribution is 6.04. The highest BCUT2D eigenvalue weighted by atomic mass is 19.4. The first-order valence-electron chi connectivity index (χ1n) is 11.9. The summed E-state index contributed by atoms with van der Waals surface area (Å²) in [7, 11) is 0. The van der Waals surface area contributed by atoms with E-state index in [0.717, 1.165) is 41.8 Å². The standard InChI is InChI=1S/C28H27F3N2O/c1-18-5-2-7-19(8-3-6-18)20-11-13-25-24(15-20)27-21(17-32-25)12-14-26(34)33(27)23-10-4-9-22(16-23)28(29,30)31/h4,9-19H,2-3,5-8H2,1H3. The zero-order valence-corrected chi connectivity index (χ0v) is 19.1. The first-order valence-corrected chi connectivity index (χ1v) is 11.9. The van der Waals surface area contributed by atoms with Crippen molar-refractivity contribution in [2.45, 2.75) is 57.5 Å². The predicted octanol–water partition coefficient (Wildman–Crippen LogP) is 7.63. The lowest BCUT2D eigenvalue weighted by molar-refractivity contribution is -0.137. The highest BCUT2D eigenvalue weighted by Gasteiger charge is 2.30. The van der Waals surface area contributed by atoms with Crippen LogP contribution in [-0.4, -0.2) is 9.55 Å². The van der Waals surface area contributed by atoms with Crippen LogP contribution in [0.3, 0.4) is 0 Å². The second-order valence-corrected chi connectivity index (χ2v) is 9.56. The van der Waals surface area contributed by atoms with Crippen molar-refractivity contribution in [3.8, 4) is 5.69 Å². The Balaban J connectivity index is 1.70. The lowest BCUT2D eigenvalue weighted by atomic mass is 9.82. The van der Waals surface area contributed by atoms with Crippen molar-refractivity contribution >= 4 is 21.8 Å². The molecule has 0 atom stereocenters. The van der Waals surface area contributed by atoms with E-state index in [1.807, 2.05) is 6.07 Å². The van der Waals surface area contributed by atoms with Crippen LogP contribution in [0.15, 0.2) is 65.6 Å². The van der Waals surface area contributed by atoms with E-state index in [-0.39, 0.29) is 11.2 Å². The molecule has 34 heavy (non-hydrogen) atoms. The minimum atomic E-state index is -4.49. The van der Waals surface area contributed by atoms with Gasteiger partial charge in [0.2, 0.25) is 0 Å². The van der Waals surface area contributed by atoms with Gasteiger partial charge in [0.05, 0.1) is 16.6 Å². The topological polar surface area (TPSA) is 34.9 Å². The maximum Gasteiger partial charge on any atom is 0.416 e. The van der Waals surface area contributed by atoms with E-state index < -0.39 is 11.7 Å². The number of hydrogen-bond acceptors (Lipinski definition) is 2. The third-order valence-electron chi connectivity index (χ3n) is 7.14. The lowest BCUT2D eigenvalue weighted by Crippen LogP contribution is -2.18. The number of aromatic nitrogens is 2. The maximum atomic E-state index is 13.4. The molecule has 1 aliphatic carbocycles. The molecule has 4 aromatic rings. The molecular weight excluding hydrogens is 437 g/mol. The van der Waals surface area contributed by atoms with Crippen molar-refractivity contribution in [2.75, 3.05) is 0 Å². The molecule has 1 fully saturated rings. The van der Waals surface area contributed by atoms with Gasteiger partial charge in [-0.25, -0.2) is 0 Å². The fourth-order valence-corrected chi connectivity index (χ4v) is 5.31. The van der Waals surface area contributed by atoms with Gasteiger partial charge in [0.25, 0.3) is 5.56 Å². The molecule has 5 rings (SSSR count). The molecule has 0 bridgehead atoms. The molecule has 0 spiro atoms. The molecule has 2 aromatic carbocycles. The molecule has 0 unspecified atom stereocenters. The molecule has 176 valence electrons. The quantitative estimate of drug-likeness (QED) is 0.286. The molecule has 0 amide bonds. The van der Waals surface area contributed by atoms with Crippen LogP contribution in [0.5, 0.6) is 0 Å². The van der Waals surface area contributed by atoms with E-state index in [0.29, 0.717) is 16.8 Å². The fraction of sp³-hybridized carbons (Fsp3) is 0.357. The Morgan fingerprint density at radius 2 is 1.71 bits per heavy atom. The number of fused-ring (bicyclic) bond motifs is 3. The monoisotopic (exact) mass is 464 g/mol. The first-order chi connectivity index (χ1) is 16.3. The number of halogens is 3. The molecule has 0 aliphatic heterocycles. The normalized spacial score (nSPS) is 19.8. The Kier molecular flexibility index (Phi) is 5.92. The van der Waals surface area contributed by atoms with Crippen molar-refractivity contribution in [2.24, 2.45) is 5.92 Å². The zero-order valence-electron chi connectivity index (χ0n) is 19.1. The minimum Gasteiger partial charge on any atom is -0.276 e. The van der Waals surface area contributed by atoms with Gasteiger partial charge in [0.15, 0.2) is 0 Å². The van der Waals surface area contributed by atoms with Crippen LogP contribution in [0.1, 0.15) is 62.5 Å². The molecule has 0 N–H and O–H groups in total. The number of benzene rings is 2. The third-order valence-corrected chi connectivity index (χ3v) is 7.14. The second-order valence-electron chi connectivity index (χ2n) is 9.56. The smallest absolute Gasteiger partial charge is 0.276 e. The van der Waals surface area contributed by atoms with Gasteiger partial charge in [0.1, 0.15) is 0 Å². The Hall–Kier alpha value is -3.15. The fourth-order valence-electron chi connectivity index (χ4n) is 5.31. The summed E-state index contributed by atoms with van der Waals surface area (Å²) in [5.41, 5.74) is 1.58. The summed E-state index contributed by atoms with van der Waals surface area (Å²) < 4.78 is 41.6. The maximum absolute atomic E-state index is 13.4. The van der Waals surface area contributed by atoms with Crippen molar-refractivity contribution in [1.82, 2.24) is 9.55 Å². The first kappa shape index (κ1) is 22.6. The molecule has 1 aliphatic rings. The van der Waals surface area contributed by atoms with Crippen LogP contribution in [0.2, 0.25) is 0 Å². The van der Waals surface area contributed by atoms with Crippen molar-refractivity contribution < 1.29 is 13.2 Å². The van der Waals surface area contributed by atoms with E-state index in [1.165, 1.54) is 47.9 Å². The summed E-state index contributed by atoms with van der Waals surface area (Å²) in [6, 6.07) is 14.2. The van der Waals surface area contributed by atoms with E-state index in [1.54, 1.807) is 18.3 Å². The molecule has 0 radical (unpaired) electrons. The van der Waals surface area contributed by atoms with Crippen LogP contribution in [0.4, 0.5) is 13.2 Å². The van der Waals surface area contributed by atoms with Gasteiger partial charge in [0, 0.05) is 28.7 Å². The van der Waals surface area contributed by atoms with Crippen molar-refractivity contribution in [3.63, 3.8) is 0 Å². The average molecular weight is 465 g/mol. The summed E-state index contributed by atoms with van der Waals surface area (Å²) in [4.78, 5) is 17.6. The van der Waals surface area contributed by atoms with Crippen LogP contribution < -0.4 is 5.56 Å². The van der Waals surface area contributed by atoms with Gasteiger partial charge in [-0.05, 0) is 66.6 Å². The Bertz CT molecular complexity index is 1400. The van der Waals surface area contributed by atoms with Gasteiger partial charge >= 0.3 is 6.18 Å². The number of hydrogen-bond donors (Lipinski definition) is 0. The van der Waals surface area contributed by atoms with E-state index in [4.69, 9.17) is 0 Å². The molecule has 0 saturated heterocycles. The third kappa shape index (κ3) is 4.33. The van der Waals surface area contributed by atoms with E-state index >= 15 is 0 Å². The Labute approximate surface area is 196 Å². The molecule has 2 aromatic heterocycles. The SMILES string of the molecule is CC1CCCC(c2ccc3ncc4ccc(=O)n(-c5cccc(C(F)(F)F)c5)c4c3c2)CCC1. The van der Waals surface area contributed by atoms with Gasteiger partial charge in [-0.2, -0.15) is 13.2 Å². The van der Waals surface area contributed by atoms with E-state index in [9.17, 15) is 18.0 Å². The number of rotatable bonds is 2. The van der Waals surface area contributed by atoms with Crippen LogP contribution in [0, 0.1) is 5.92 Å². The molecular formula is C28H27F3N2O. The summed E-state index contributed by atoms with van der Waals surface area (Å²) in [5.74, 6) is 1.21. The largest absolute Gasteiger partial charge is 0.416 e. The van der Waals surface area contributed by atoms with E-state index in [2.05, 4.69) is 24.0 Å². The lowest BCUT2D eigenvalue weighted by Gasteiger charge is -2.23. The van der Waals surface area contributed by atoms with Crippen LogP contribution in [0.25, 0.3) is 27.5 Å². The Morgan fingerprint density at radius 1 is 0.941 bits per heavy atom. The van der Waals surface area contributed by atoms with Crippen molar-refractivity contribution in [3.05, 3.63) is 82.3 Å². The molecule has 1 saturated carbocycles. The van der Waals surface area contributed by atoms with Gasteiger partial charge in [-0.15, -0.1) is 0 Å².